The zero-order valence-electron chi connectivity index (χ0n) is 21.6. The van der Waals surface area contributed by atoms with Gasteiger partial charge >= 0.3 is 0 Å². The van der Waals surface area contributed by atoms with E-state index in [1.807, 2.05) is 6.92 Å². The van der Waals surface area contributed by atoms with Crippen LogP contribution in [0.2, 0.25) is 0 Å². The fourth-order valence-electron chi connectivity index (χ4n) is 2.06. The van der Waals surface area contributed by atoms with Gasteiger partial charge in [-0.25, -0.2) is 0 Å². The summed E-state index contributed by atoms with van der Waals surface area (Å²) in [5, 5.41) is 15.1. The number of hydrogen-bond donors (Lipinski definition) is 2. The second kappa shape index (κ2) is 10.5. The van der Waals surface area contributed by atoms with Crippen LogP contribution in [0, 0.1) is 4.91 Å². The smallest absolute Gasteiger partial charge is 0.224 e. The van der Waals surface area contributed by atoms with Gasteiger partial charge in [0.25, 0.3) is 0 Å². The average Bonchev–Trinajstić information content (AvgIpc) is 2.68. The molecule has 8 nitrogen and oxygen atoms in total. The van der Waals surface area contributed by atoms with Crippen molar-refractivity contribution in [2.24, 2.45) is 5.29 Å². The number of nitrogens with zero attached hydrogens (tertiary/aromatic N) is 2. The number of benzene rings is 1. The van der Waals surface area contributed by atoms with Crippen molar-refractivity contribution in [2.75, 3.05) is 18.5 Å². The Bertz CT molecular complexity index is 847. The number of nitroso groups, excluding NO2 is 1. The van der Waals surface area contributed by atoms with E-state index in [4.69, 9.17) is 14.3 Å². The van der Waals surface area contributed by atoms with E-state index in [9.17, 15) is 19.6 Å². The van der Waals surface area contributed by atoms with E-state index >= 15 is 0 Å². The second-order valence-corrected chi connectivity index (χ2v) is 5.54. The van der Waals surface area contributed by atoms with Crippen LogP contribution < -0.4 is 10.1 Å². The molecule has 1 aromatic carbocycles. The number of ether oxygens (including phenoxy) is 1. The largest absolute Gasteiger partial charge is 0.490 e. The van der Waals surface area contributed by atoms with Gasteiger partial charge < -0.3 is 15.2 Å². The molecule has 2 N–H and O–H groups in total. The van der Waals surface area contributed by atoms with Gasteiger partial charge in [0.1, 0.15) is 18.5 Å². The highest BCUT2D eigenvalue weighted by molar-refractivity contribution is 5.99. The number of amides is 1. The molecule has 0 fully saturated rings. The first-order valence-corrected chi connectivity index (χ1v) is 7.95. The minimum atomic E-state index is -3.45. The first kappa shape index (κ1) is 12.8. The zero-order valence-corrected chi connectivity index (χ0v) is 14.6. The summed E-state index contributed by atoms with van der Waals surface area (Å²) >= 11 is 0. The molecule has 8 heteroatoms. The Labute approximate surface area is 163 Å². The SMILES string of the molecule is [2H]C([2H])([2H])C([2H])(N(CC(O)COc1ccc(NC(=O)CCC)cc1C(C)=O)N=O)C([2H])([2H])[2H]. The van der Waals surface area contributed by atoms with Gasteiger partial charge in [0.15, 0.2) is 5.78 Å². The van der Waals surface area contributed by atoms with Gasteiger partial charge in [-0.2, -0.15) is 0 Å². The highest BCUT2D eigenvalue weighted by Gasteiger charge is 2.17. The lowest BCUT2D eigenvalue weighted by molar-refractivity contribution is -0.116. The highest BCUT2D eigenvalue weighted by atomic mass is 16.5. The van der Waals surface area contributed by atoms with Crippen molar-refractivity contribution in [1.82, 2.24) is 5.01 Å². The van der Waals surface area contributed by atoms with E-state index in [-0.39, 0.29) is 22.2 Å². The molecular weight excluding hydrogens is 338 g/mol. The highest BCUT2D eigenvalue weighted by Crippen LogP contribution is 2.24. The number of carbonyl (C=O) groups excluding carboxylic acids is 2. The molecule has 1 atom stereocenters. The first-order chi connectivity index (χ1) is 15.1. The van der Waals surface area contributed by atoms with E-state index in [0.29, 0.717) is 18.5 Å². The Morgan fingerprint density at radius 1 is 1.46 bits per heavy atom. The summed E-state index contributed by atoms with van der Waals surface area (Å²) in [6.07, 6.45) is -0.702. The molecule has 0 aliphatic heterocycles. The third kappa shape index (κ3) is 6.79. The third-order valence-electron chi connectivity index (χ3n) is 3.29. The van der Waals surface area contributed by atoms with Gasteiger partial charge in [0.2, 0.25) is 5.91 Å². The van der Waals surface area contributed by atoms with Crippen LogP contribution in [0.3, 0.4) is 0 Å². The minimum Gasteiger partial charge on any atom is -0.490 e. The Hall–Kier alpha value is -2.48. The molecule has 1 unspecified atom stereocenters. The molecular formula is C18H27N3O5. The van der Waals surface area contributed by atoms with Gasteiger partial charge in [0, 0.05) is 26.4 Å². The van der Waals surface area contributed by atoms with E-state index in [1.165, 1.54) is 25.1 Å². The van der Waals surface area contributed by atoms with Crippen LogP contribution in [-0.4, -0.2) is 47.1 Å². The Kier molecular flexibility index (Phi) is 5.17. The molecule has 26 heavy (non-hydrogen) atoms. The van der Waals surface area contributed by atoms with Crippen molar-refractivity contribution in [1.29, 1.82) is 0 Å². The number of Topliss-reactive ketones (excluding diaryl/α,β-unsaturated/α-hetero) is 1. The molecule has 1 aromatic rings. The van der Waals surface area contributed by atoms with Crippen molar-refractivity contribution in [3.63, 3.8) is 0 Å². The number of nitrogens with one attached hydrogen (secondary N) is 1. The summed E-state index contributed by atoms with van der Waals surface area (Å²) in [6.45, 7) is -5.31. The van der Waals surface area contributed by atoms with Crippen LogP contribution in [0.15, 0.2) is 23.5 Å². The average molecular weight is 372 g/mol. The lowest BCUT2D eigenvalue weighted by Gasteiger charge is -2.22. The van der Waals surface area contributed by atoms with Crippen LogP contribution >= 0.6 is 0 Å². The van der Waals surface area contributed by atoms with Crippen molar-refractivity contribution >= 4 is 17.4 Å². The zero-order chi connectivity index (χ0) is 25.6. The molecule has 0 saturated carbocycles. The van der Waals surface area contributed by atoms with Crippen LogP contribution in [0.5, 0.6) is 5.75 Å². The number of hydrogen-bond acceptors (Lipinski definition) is 6. The van der Waals surface area contributed by atoms with Crippen molar-refractivity contribution in [3.8, 4) is 5.75 Å². The number of rotatable bonds is 11. The van der Waals surface area contributed by atoms with Crippen LogP contribution in [-0.2, 0) is 4.79 Å². The third-order valence-corrected chi connectivity index (χ3v) is 3.29. The normalized spacial score (nSPS) is 17.1. The lowest BCUT2D eigenvalue weighted by Crippen LogP contribution is -2.36. The number of ketones is 1. The fourth-order valence-corrected chi connectivity index (χ4v) is 2.06. The van der Waals surface area contributed by atoms with Gasteiger partial charge in [0.05, 0.1) is 18.8 Å². The van der Waals surface area contributed by atoms with Crippen molar-refractivity contribution in [3.05, 3.63) is 28.7 Å². The van der Waals surface area contributed by atoms with Gasteiger partial charge in [-0.3, -0.25) is 14.6 Å². The molecule has 0 bridgehead atoms. The monoisotopic (exact) mass is 372 g/mol. The number of aliphatic hydroxyl groups is 1. The predicted molar refractivity (Wildman–Crippen MR) is 99.1 cm³/mol. The maximum Gasteiger partial charge on any atom is 0.224 e. The summed E-state index contributed by atoms with van der Waals surface area (Å²) in [5.41, 5.74) is 0.443. The number of anilines is 1. The summed E-state index contributed by atoms with van der Waals surface area (Å²) in [5.74, 6) is -0.610. The Morgan fingerprint density at radius 2 is 2.19 bits per heavy atom. The van der Waals surface area contributed by atoms with Crippen LogP contribution in [0.4, 0.5) is 5.69 Å². The van der Waals surface area contributed by atoms with E-state index < -0.39 is 44.8 Å². The molecule has 0 radical (unpaired) electrons. The van der Waals surface area contributed by atoms with E-state index in [1.54, 1.807) is 0 Å². The molecule has 0 spiro atoms. The molecule has 0 saturated heterocycles. The molecule has 144 valence electrons. The van der Waals surface area contributed by atoms with E-state index in [0.717, 1.165) is 0 Å². The predicted octanol–water partition coefficient (Wildman–Crippen LogP) is 2.76. The molecule has 1 amide bonds. The van der Waals surface area contributed by atoms with Gasteiger partial charge in [-0.05, 0) is 45.2 Å². The first-order valence-electron chi connectivity index (χ1n) is 11.4. The minimum absolute atomic E-state index is 0.0319. The maximum absolute atomic E-state index is 12.0. The second-order valence-electron chi connectivity index (χ2n) is 5.54. The summed E-state index contributed by atoms with van der Waals surface area (Å²) in [6, 6.07) is 0.833. The van der Waals surface area contributed by atoms with E-state index in [2.05, 4.69) is 10.6 Å². The van der Waals surface area contributed by atoms with Crippen molar-refractivity contribution in [2.45, 2.75) is 52.5 Å². The number of aliphatic hydroxyl groups excluding tert-OH is 1. The Morgan fingerprint density at radius 3 is 2.77 bits per heavy atom. The molecule has 0 aliphatic rings. The molecule has 0 aromatic heterocycles. The standard InChI is InChI=1S/C18H27N3O5/c1-5-6-18(24)19-14-7-8-17(16(9-14)13(4)22)26-11-15(23)10-21(20-25)12(2)3/h7-9,12,15,23H,5-6,10-11H2,1-4H3,(H,19,24)/i2D3,3D3,12D. The summed E-state index contributed by atoms with van der Waals surface area (Å²) < 4.78 is 57.7. The van der Waals surface area contributed by atoms with Crippen LogP contribution in [0.1, 0.15) is 60.3 Å². The summed E-state index contributed by atoms with van der Waals surface area (Å²) in [7, 11) is 0. The molecule has 0 heterocycles. The van der Waals surface area contributed by atoms with Gasteiger partial charge in [-0.1, -0.05) is 6.92 Å². The fraction of sp³-hybridized carbons (Fsp3) is 0.556. The summed E-state index contributed by atoms with van der Waals surface area (Å²) in [4.78, 5) is 34.9. The molecule has 0 aliphatic carbocycles. The Balaban J connectivity index is 3.00. The van der Waals surface area contributed by atoms with Crippen molar-refractivity contribution < 1.29 is 29.0 Å². The number of carbonyl (C=O) groups is 2. The quantitative estimate of drug-likeness (QED) is 0.351. The molecule has 1 rings (SSSR count). The van der Waals surface area contributed by atoms with Crippen LogP contribution in [0.25, 0.3) is 0 Å². The topological polar surface area (TPSA) is 108 Å². The maximum atomic E-state index is 12.0. The lowest BCUT2D eigenvalue weighted by atomic mass is 10.1. The van der Waals surface area contributed by atoms with Gasteiger partial charge in [-0.15, -0.1) is 4.91 Å².